The minimum Gasteiger partial charge on any atom is -0.321 e. The van der Waals surface area contributed by atoms with Gasteiger partial charge in [-0.05, 0) is 0 Å². The third-order valence-corrected chi connectivity index (χ3v) is 2.51. The fourth-order valence-corrected chi connectivity index (χ4v) is 0.636. The molecule has 6 N–H and O–H groups in total. The van der Waals surface area contributed by atoms with E-state index in [0.29, 0.717) is 0 Å². The lowest BCUT2D eigenvalue weighted by Gasteiger charge is -2.19. The molecular formula is C2H9N3O3Si. The zero-order valence-corrected chi connectivity index (χ0v) is 5.63. The zero-order valence-electron chi connectivity index (χ0n) is 4.63. The Balaban J connectivity index is 3.98. The van der Waals surface area contributed by atoms with Crippen LogP contribution in [0.15, 0.2) is 12.3 Å². The van der Waals surface area contributed by atoms with Gasteiger partial charge in [0.15, 0.2) is 0 Å². The maximum Gasteiger partial charge on any atom is 0.377 e. The number of nitrogens with one attached hydrogen (secondary N) is 3. The first-order valence-electron chi connectivity index (χ1n) is 2.12. The lowest BCUT2D eigenvalue weighted by atomic mass is 11.3. The molecular weight excluding hydrogens is 142 g/mol. The molecule has 0 aromatic heterocycles. The normalized spacial score (nSPS) is 11.4. The molecule has 0 aromatic carbocycles. The average Bonchev–Trinajstić information content (AvgIpc) is 1.95. The number of rotatable bonds is 4. The highest BCUT2D eigenvalue weighted by molar-refractivity contribution is 6.76. The van der Waals surface area contributed by atoms with E-state index in [2.05, 4.69) is 6.58 Å². The van der Waals surface area contributed by atoms with Gasteiger partial charge in [0.1, 0.15) is 0 Å². The van der Waals surface area contributed by atoms with Crippen molar-refractivity contribution in [2.24, 2.45) is 0 Å². The van der Waals surface area contributed by atoms with Gasteiger partial charge in [-0.1, -0.05) is 5.70 Å². The van der Waals surface area contributed by atoms with Crippen molar-refractivity contribution in [3.63, 3.8) is 0 Å². The third kappa shape index (κ3) is 1.84. The Labute approximate surface area is 52.9 Å². The lowest BCUT2D eigenvalue weighted by molar-refractivity contribution is 0.142. The van der Waals surface area contributed by atoms with E-state index in [4.69, 9.17) is 15.6 Å². The molecule has 6 nitrogen and oxygen atoms in total. The Morgan fingerprint density at radius 2 is 1.44 bits per heavy atom. The van der Waals surface area contributed by atoms with Gasteiger partial charge in [-0.2, -0.15) is 15.4 Å². The molecule has 0 radical (unpaired) electrons. The first-order chi connectivity index (χ1) is 4.24. The van der Waals surface area contributed by atoms with Crippen LogP contribution in [0, 0.1) is 0 Å². The third-order valence-electron chi connectivity index (χ3n) is 0.835. The molecule has 0 unspecified atom stereocenters. The first-order valence-corrected chi connectivity index (χ1v) is 4.20. The van der Waals surface area contributed by atoms with Crippen molar-refractivity contribution in [2.45, 2.75) is 0 Å². The van der Waals surface area contributed by atoms with E-state index in [0.717, 1.165) is 5.70 Å². The van der Waals surface area contributed by atoms with Gasteiger partial charge in [0.25, 0.3) is 0 Å². The summed E-state index contributed by atoms with van der Waals surface area (Å²) in [5.74, 6) is 0. The monoisotopic (exact) mass is 151 g/mol. The van der Waals surface area contributed by atoms with Gasteiger partial charge < -0.3 is 15.6 Å². The van der Waals surface area contributed by atoms with Gasteiger partial charge in [0.05, 0.1) is 0 Å². The molecule has 0 fully saturated rings. The van der Waals surface area contributed by atoms with Crippen molar-refractivity contribution in [3.05, 3.63) is 12.3 Å². The molecule has 0 amide bonds. The fourth-order valence-electron chi connectivity index (χ4n) is 0.212. The molecule has 0 atom stereocenters. The van der Waals surface area contributed by atoms with Gasteiger partial charge in [0, 0.05) is 0 Å². The maximum atomic E-state index is 8.27. The second-order valence-electron chi connectivity index (χ2n) is 1.35. The van der Waals surface area contributed by atoms with Crippen LogP contribution in [0.1, 0.15) is 0 Å². The van der Waals surface area contributed by atoms with E-state index < -0.39 is 8.56 Å². The molecule has 0 bridgehead atoms. The summed E-state index contributed by atoms with van der Waals surface area (Å²) in [7, 11) is -3.01. The van der Waals surface area contributed by atoms with Crippen molar-refractivity contribution < 1.29 is 15.6 Å². The lowest BCUT2D eigenvalue weighted by Crippen LogP contribution is -2.68. The van der Waals surface area contributed by atoms with Crippen LogP contribution < -0.4 is 15.4 Å². The van der Waals surface area contributed by atoms with Crippen LogP contribution >= 0.6 is 0 Å². The van der Waals surface area contributed by atoms with Crippen LogP contribution in [0.2, 0.25) is 0 Å². The summed E-state index contributed by atoms with van der Waals surface area (Å²) in [6.07, 6.45) is 0. The van der Waals surface area contributed by atoms with E-state index in [1.807, 2.05) is 0 Å². The Morgan fingerprint density at radius 3 is 1.44 bits per heavy atom. The molecule has 7 heteroatoms. The van der Waals surface area contributed by atoms with Crippen molar-refractivity contribution in [1.82, 2.24) is 15.4 Å². The molecule has 0 rings (SSSR count). The first kappa shape index (κ1) is 8.72. The van der Waals surface area contributed by atoms with Crippen LogP contribution in [-0.4, -0.2) is 24.2 Å². The summed E-state index contributed by atoms with van der Waals surface area (Å²) in [6, 6.07) is 0. The molecule has 0 aliphatic rings. The molecule has 54 valence electrons. The minimum atomic E-state index is -3.01. The summed E-state index contributed by atoms with van der Waals surface area (Å²) in [6.45, 7) is 3.24. The van der Waals surface area contributed by atoms with Crippen LogP contribution in [0.5, 0.6) is 0 Å². The van der Waals surface area contributed by atoms with Crippen LogP contribution in [0.4, 0.5) is 0 Å². The Bertz CT molecular complexity index is 86.8. The molecule has 0 aliphatic carbocycles. The van der Waals surface area contributed by atoms with Crippen LogP contribution in [0.25, 0.3) is 0 Å². The predicted octanol–water partition coefficient (Wildman–Crippen LogP) is -1.41. The highest BCUT2D eigenvalue weighted by atomic mass is 28.4. The molecule has 0 saturated heterocycles. The summed E-state index contributed by atoms with van der Waals surface area (Å²) in [5, 5.41) is 29.8. The zero-order chi connectivity index (χ0) is 7.33. The number of hydrogen-bond donors (Lipinski definition) is 6. The molecule has 0 spiro atoms. The van der Waals surface area contributed by atoms with Gasteiger partial charge in [-0.15, -0.1) is 6.58 Å². The van der Waals surface area contributed by atoms with Crippen molar-refractivity contribution in [2.75, 3.05) is 0 Å². The van der Waals surface area contributed by atoms with E-state index in [1.165, 1.54) is 0 Å². The Morgan fingerprint density at radius 1 is 1.11 bits per heavy atom. The summed E-state index contributed by atoms with van der Waals surface area (Å²) in [4.78, 5) is 0. The smallest absolute Gasteiger partial charge is 0.321 e. The van der Waals surface area contributed by atoms with Gasteiger partial charge >= 0.3 is 8.56 Å². The average molecular weight is 151 g/mol. The highest BCUT2D eigenvalue weighted by Crippen LogP contribution is 1.82. The SMILES string of the molecule is C=C[Si](NO)(NO)NO. The Hall–Kier alpha value is -0.283. The predicted molar refractivity (Wildman–Crippen MR) is 30.7 cm³/mol. The summed E-state index contributed by atoms with van der Waals surface area (Å²) in [5.41, 5.74) is 1.16. The summed E-state index contributed by atoms with van der Waals surface area (Å²) < 4.78 is 0. The van der Waals surface area contributed by atoms with Crippen molar-refractivity contribution >= 4 is 8.56 Å². The van der Waals surface area contributed by atoms with Crippen LogP contribution in [-0.2, 0) is 0 Å². The van der Waals surface area contributed by atoms with E-state index in [1.54, 1.807) is 15.4 Å². The molecule has 0 saturated carbocycles. The van der Waals surface area contributed by atoms with E-state index in [-0.39, 0.29) is 0 Å². The van der Waals surface area contributed by atoms with Crippen molar-refractivity contribution in [3.8, 4) is 0 Å². The van der Waals surface area contributed by atoms with Gasteiger partial charge in [-0.3, -0.25) is 0 Å². The molecule has 0 aliphatic heterocycles. The number of hydrogen-bond acceptors (Lipinski definition) is 6. The molecule has 0 aromatic rings. The standard InChI is InChI=1S/C2H9N3O3Si/c1-2-9(3-6,4-7)5-8/h2-8H,1H2. The van der Waals surface area contributed by atoms with Crippen LogP contribution in [0.3, 0.4) is 0 Å². The topological polar surface area (TPSA) is 96.8 Å². The second kappa shape index (κ2) is 3.69. The largest absolute Gasteiger partial charge is 0.377 e. The van der Waals surface area contributed by atoms with E-state index in [9.17, 15) is 0 Å². The second-order valence-corrected chi connectivity index (χ2v) is 4.04. The quantitative estimate of drug-likeness (QED) is 0.218. The van der Waals surface area contributed by atoms with Gasteiger partial charge in [0.2, 0.25) is 0 Å². The van der Waals surface area contributed by atoms with Crippen molar-refractivity contribution in [1.29, 1.82) is 0 Å². The Kier molecular flexibility index (Phi) is 3.57. The summed E-state index contributed by atoms with van der Waals surface area (Å²) >= 11 is 0. The van der Waals surface area contributed by atoms with Gasteiger partial charge in [-0.25, -0.2) is 0 Å². The molecule has 0 heterocycles. The minimum absolute atomic E-state index is 1.16. The highest BCUT2D eigenvalue weighted by Gasteiger charge is 2.29. The maximum absolute atomic E-state index is 8.27. The molecule has 9 heavy (non-hydrogen) atoms. The fraction of sp³-hybridized carbons (Fsp3) is 0. The van der Waals surface area contributed by atoms with E-state index >= 15 is 0 Å².